The molecule has 6 heteroatoms. The van der Waals surface area contributed by atoms with Gasteiger partial charge in [0.2, 0.25) is 0 Å². The molecule has 1 heterocycles. The third kappa shape index (κ3) is 3.52. The molecular weight excluding hydrogens is 339 g/mol. The van der Waals surface area contributed by atoms with Gasteiger partial charge < -0.3 is 5.32 Å². The van der Waals surface area contributed by atoms with Gasteiger partial charge in [-0.3, -0.25) is 0 Å². The molecule has 0 aromatic carbocycles. The van der Waals surface area contributed by atoms with E-state index in [0.29, 0.717) is 18.8 Å². The number of hydrogen-bond acceptors (Lipinski definition) is 2. The largest absolute Gasteiger partial charge is 0.391 e. The lowest BCUT2D eigenvalue weighted by atomic mass is 9.78. The van der Waals surface area contributed by atoms with Crippen LogP contribution in [0.3, 0.4) is 0 Å². The molecular formula is C13H17BrF3NS. The molecule has 1 aromatic heterocycles. The summed E-state index contributed by atoms with van der Waals surface area (Å²) in [5, 5.41) is 5.27. The fourth-order valence-electron chi connectivity index (χ4n) is 2.89. The predicted molar refractivity (Wildman–Crippen MR) is 75.3 cm³/mol. The van der Waals surface area contributed by atoms with Crippen molar-refractivity contribution in [3.8, 4) is 0 Å². The Morgan fingerprint density at radius 3 is 2.37 bits per heavy atom. The van der Waals surface area contributed by atoms with E-state index in [2.05, 4.69) is 21.2 Å². The summed E-state index contributed by atoms with van der Waals surface area (Å²) in [5.74, 6) is -0.813. The van der Waals surface area contributed by atoms with Crippen LogP contribution in [0, 0.1) is 11.8 Å². The highest BCUT2D eigenvalue weighted by molar-refractivity contribution is 9.10. The van der Waals surface area contributed by atoms with E-state index in [-0.39, 0.29) is 18.9 Å². The van der Waals surface area contributed by atoms with Crippen LogP contribution in [0.1, 0.15) is 36.6 Å². The van der Waals surface area contributed by atoms with Crippen molar-refractivity contribution in [2.75, 3.05) is 7.05 Å². The lowest BCUT2D eigenvalue weighted by molar-refractivity contribution is -0.184. The van der Waals surface area contributed by atoms with Crippen molar-refractivity contribution in [1.29, 1.82) is 0 Å². The first-order chi connectivity index (χ1) is 8.93. The molecule has 0 amide bonds. The standard InChI is InChI=1S/C13H17BrF3NS/c1-18-11(12-10(14)6-7-19-12)8-2-4-9(5-3-8)13(15,16)17/h6-9,11,18H,2-5H2,1H3. The van der Waals surface area contributed by atoms with Crippen LogP contribution < -0.4 is 5.32 Å². The number of alkyl halides is 3. The second-order valence-electron chi connectivity index (χ2n) is 5.05. The summed E-state index contributed by atoms with van der Waals surface area (Å²) < 4.78 is 39.1. The minimum absolute atomic E-state index is 0.156. The van der Waals surface area contributed by atoms with Crippen molar-refractivity contribution in [3.63, 3.8) is 0 Å². The fraction of sp³-hybridized carbons (Fsp3) is 0.692. The quantitative estimate of drug-likeness (QED) is 0.791. The fourth-order valence-corrected chi connectivity index (χ4v) is 4.71. The Kier molecular flexibility index (Phi) is 4.95. The Balaban J connectivity index is 2.02. The first-order valence-corrected chi connectivity index (χ1v) is 8.07. The summed E-state index contributed by atoms with van der Waals surface area (Å²) in [7, 11) is 1.88. The molecule has 19 heavy (non-hydrogen) atoms. The normalized spacial score (nSPS) is 26.4. The van der Waals surface area contributed by atoms with Gasteiger partial charge in [0, 0.05) is 15.4 Å². The molecule has 1 fully saturated rings. The summed E-state index contributed by atoms with van der Waals surface area (Å²) in [6, 6.07) is 2.15. The van der Waals surface area contributed by atoms with E-state index in [0.717, 1.165) is 4.47 Å². The molecule has 0 radical (unpaired) electrons. The van der Waals surface area contributed by atoms with Gasteiger partial charge in [0.15, 0.2) is 0 Å². The van der Waals surface area contributed by atoms with Gasteiger partial charge in [0.05, 0.1) is 5.92 Å². The topological polar surface area (TPSA) is 12.0 Å². The summed E-state index contributed by atoms with van der Waals surface area (Å²) in [6.07, 6.45) is -2.23. The molecule has 108 valence electrons. The van der Waals surface area contributed by atoms with Crippen LogP contribution in [-0.2, 0) is 0 Å². The third-order valence-electron chi connectivity index (χ3n) is 3.94. The first-order valence-electron chi connectivity index (χ1n) is 6.40. The third-order valence-corrected chi connectivity index (χ3v) is 5.90. The van der Waals surface area contributed by atoms with Crippen LogP contribution in [0.5, 0.6) is 0 Å². The molecule has 0 spiro atoms. The molecule has 1 atom stereocenters. The Morgan fingerprint density at radius 1 is 1.32 bits per heavy atom. The molecule has 2 rings (SSSR count). The highest BCUT2D eigenvalue weighted by atomic mass is 79.9. The van der Waals surface area contributed by atoms with Gasteiger partial charge in [0.25, 0.3) is 0 Å². The van der Waals surface area contributed by atoms with Gasteiger partial charge in [0.1, 0.15) is 0 Å². The van der Waals surface area contributed by atoms with Gasteiger partial charge in [-0.25, -0.2) is 0 Å². The number of nitrogens with one attached hydrogen (secondary N) is 1. The zero-order valence-corrected chi connectivity index (χ0v) is 13.0. The highest BCUT2D eigenvalue weighted by Gasteiger charge is 2.42. The van der Waals surface area contributed by atoms with Crippen LogP contribution >= 0.6 is 27.3 Å². The van der Waals surface area contributed by atoms with Crippen LogP contribution in [0.25, 0.3) is 0 Å². The molecule has 0 aliphatic heterocycles. The van der Waals surface area contributed by atoms with Crippen molar-refractivity contribution in [2.24, 2.45) is 11.8 Å². The number of halogens is 4. The maximum absolute atomic E-state index is 12.7. The second-order valence-corrected chi connectivity index (χ2v) is 6.85. The Hall–Kier alpha value is -0.0700. The van der Waals surface area contributed by atoms with Crippen molar-refractivity contribution in [3.05, 3.63) is 20.8 Å². The first kappa shape index (κ1) is 15.3. The molecule has 1 aliphatic carbocycles. The average molecular weight is 356 g/mol. The predicted octanol–water partition coefficient (Wildman–Crippen LogP) is 5.14. The SMILES string of the molecule is CNC(c1sccc1Br)C1CCC(C(F)(F)F)CC1. The minimum Gasteiger partial charge on any atom is -0.312 e. The highest BCUT2D eigenvalue weighted by Crippen LogP contribution is 2.44. The van der Waals surface area contributed by atoms with Crippen molar-refractivity contribution >= 4 is 27.3 Å². The van der Waals surface area contributed by atoms with Crippen molar-refractivity contribution < 1.29 is 13.2 Å². The molecule has 0 bridgehead atoms. The Morgan fingerprint density at radius 2 is 1.95 bits per heavy atom. The van der Waals surface area contributed by atoms with E-state index >= 15 is 0 Å². The van der Waals surface area contributed by atoms with Gasteiger partial charge in [-0.1, -0.05) is 0 Å². The number of hydrogen-bond donors (Lipinski definition) is 1. The molecule has 1 unspecified atom stereocenters. The number of rotatable bonds is 3. The van der Waals surface area contributed by atoms with E-state index in [1.165, 1.54) is 4.88 Å². The average Bonchev–Trinajstić information content (AvgIpc) is 2.76. The lowest BCUT2D eigenvalue weighted by Crippen LogP contribution is -2.32. The van der Waals surface area contributed by atoms with Crippen LogP contribution in [0.2, 0.25) is 0 Å². The molecule has 1 N–H and O–H groups in total. The monoisotopic (exact) mass is 355 g/mol. The number of thiophene rings is 1. The minimum atomic E-state index is -4.02. The Labute approximate surface area is 123 Å². The van der Waals surface area contributed by atoms with E-state index in [1.54, 1.807) is 11.3 Å². The van der Waals surface area contributed by atoms with Gasteiger partial charge >= 0.3 is 6.18 Å². The summed E-state index contributed by atoms with van der Waals surface area (Å²) in [5.41, 5.74) is 0. The van der Waals surface area contributed by atoms with Crippen LogP contribution in [-0.4, -0.2) is 13.2 Å². The summed E-state index contributed by atoms with van der Waals surface area (Å²) in [4.78, 5) is 1.19. The maximum Gasteiger partial charge on any atom is 0.391 e. The zero-order chi connectivity index (χ0) is 14.0. The molecule has 1 aromatic rings. The Bertz CT molecular complexity index is 410. The van der Waals surface area contributed by atoms with Crippen LogP contribution in [0.4, 0.5) is 13.2 Å². The zero-order valence-electron chi connectivity index (χ0n) is 10.6. The maximum atomic E-state index is 12.7. The van der Waals surface area contributed by atoms with Gasteiger partial charge in [-0.05, 0) is 66.0 Å². The lowest BCUT2D eigenvalue weighted by Gasteiger charge is -2.34. The second kappa shape index (κ2) is 6.14. The van der Waals surface area contributed by atoms with Crippen LogP contribution in [0.15, 0.2) is 15.9 Å². The molecule has 1 aliphatic rings. The van der Waals surface area contributed by atoms with Crippen molar-refractivity contribution in [1.82, 2.24) is 5.32 Å². The summed E-state index contributed by atoms with van der Waals surface area (Å²) >= 11 is 5.16. The molecule has 0 saturated heterocycles. The molecule has 1 saturated carbocycles. The smallest absolute Gasteiger partial charge is 0.312 e. The molecule has 1 nitrogen and oxygen atoms in total. The van der Waals surface area contributed by atoms with Gasteiger partial charge in [-0.15, -0.1) is 11.3 Å². The summed E-state index contributed by atoms with van der Waals surface area (Å²) in [6.45, 7) is 0. The van der Waals surface area contributed by atoms with E-state index in [1.807, 2.05) is 18.5 Å². The van der Waals surface area contributed by atoms with E-state index < -0.39 is 12.1 Å². The van der Waals surface area contributed by atoms with E-state index in [4.69, 9.17) is 0 Å². The van der Waals surface area contributed by atoms with Gasteiger partial charge in [-0.2, -0.15) is 13.2 Å². The van der Waals surface area contributed by atoms with E-state index in [9.17, 15) is 13.2 Å². The van der Waals surface area contributed by atoms with Crippen molar-refractivity contribution in [2.45, 2.75) is 37.9 Å².